The predicted octanol–water partition coefficient (Wildman–Crippen LogP) is 2.44. The van der Waals surface area contributed by atoms with Gasteiger partial charge in [0, 0.05) is 16.2 Å². The molecule has 0 N–H and O–H groups in total. The van der Waals surface area contributed by atoms with E-state index in [0.29, 0.717) is 0 Å². The van der Waals surface area contributed by atoms with Crippen LogP contribution in [0, 0.1) is 16.2 Å². The van der Waals surface area contributed by atoms with E-state index in [0.717, 1.165) is 19.8 Å². The van der Waals surface area contributed by atoms with Gasteiger partial charge in [-0.25, -0.2) is 4.90 Å². The van der Waals surface area contributed by atoms with Gasteiger partial charge in [0.2, 0.25) is 0 Å². The lowest BCUT2D eigenvalue weighted by atomic mass is 9.78. The van der Waals surface area contributed by atoms with Crippen LogP contribution < -0.4 is 0 Å². The van der Waals surface area contributed by atoms with E-state index in [1.807, 2.05) is 0 Å². The summed E-state index contributed by atoms with van der Waals surface area (Å²) < 4.78 is 18.6. The maximum absolute atomic E-state index is 6.21. The van der Waals surface area contributed by atoms with E-state index in [2.05, 4.69) is 46.4 Å². The summed E-state index contributed by atoms with van der Waals surface area (Å²) in [5.41, 5.74) is 0.00604. The highest BCUT2D eigenvalue weighted by Crippen LogP contribution is 2.49. The first-order valence-electron chi connectivity index (χ1n) is 7.27. The van der Waals surface area contributed by atoms with Crippen LogP contribution in [0.5, 0.6) is 0 Å². The molecule has 110 valence electrons. The molecule has 0 spiro atoms. The van der Waals surface area contributed by atoms with Crippen LogP contribution in [0.1, 0.15) is 41.5 Å². The second-order valence-electron chi connectivity index (χ2n) is 8.40. The predicted molar refractivity (Wildman–Crippen MR) is 72.4 cm³/mol. The number of nitrogens with zero attached hydrogens (tertiary/aromatic N) is 1. The van der Waals surface area contributed by atoms with Crippen LogP contribution in [0.25, 0.3) is 0 Å². The van der Waals surface area contributed by atoms with Gasteiger partial charge in [0.05, 0.1) is 19.8 Å². The smallest absolute Gasteiger partial charge is 0.122 e. The Morgan fingerprint density at radius 2 is 0.895 bits per heavy atom. The molecule has 3 rings (SSSR count). The molecule has 4 heteroatoms. The Morgan fingerprint density at radius 1 is 0.632 bits per heavy atom. The fourth-order valence-corrected chi connectivity index (χ4v) is 3.61. The highest BCUT2D eigenvalue weighted by Gasteiger charge is 2.59. The lowest BCUT2D eigenvalue weighted by molar-refractivity contribution is -0.397. The molecule has 0 saturated carbocycles. The van der Waals surface area contributed by atoms with Crippen molar-refractivity contribution in [2.75, 3.05) is 19.8 Å². The van der Waals surface area contributed by atoms with Crippen molar-refractivity contribution < 1.29 is 14.2 Å². The summed E-state index contributed by atoms with van der Waals surface area (Å²) in [6.45, 7) is 15.5. The Bertz CT molecular complexity index is 321. The Morgan fingerprint density at radius 3 is 1.16 bits per heavy atom. The summed E-state index contributed by atoms with van der Waals surface area (Å²) in [6.07, 6.45) is 0.261. The van der Waals surface area contributed by atoms with E-state index in [4.69, 9.17) is 14.2 Å². The van der Waals surface area contributed by atoms with Gasteiger partial charge in [-0.1, -0.05) is 41.5 Å². The van der Waals surface area contributed by atoms with Gasteiger partial charge in [-0.2, -0.15) is 0 Å². The monoisotopic (exact) mass is 269 g/mol. The van der Waals surface area contributed by atoms with Crippen LogP contribution in [-0.4, -0.2) is 43.4 Å². The summed E-state index contributed by atoms with van der Waals surface area (Å²) in [4.78, 5) is 2.34. The minimum atomic E-state index is 0.00201. The molecule has 3 atom stereocenters. The fourth-order valence-electron chi connectivity index (χ4n) is 3.61. The van der Waals surface area contributed by atoms with Crippen LogP contribution in [0.4, 0.5) is 0 Å². The second-order valence-corrected chi connectivity index (χ2v) is 8.40. The quantitative estimate of drug-likeness (QED) is 0.676. The average molecular weight is 269 g/mol. The molecular formula is C15H27NO3. The normalized spacial score (nSPS) is 43.6. The van der Waals surface area contributed by atoms with E-state index in [1.54, 1.807) is 0 Å². The van der Waals surface area contributed by atoms with Crippen LogP contribution in [0.15, 0.2) is 0 Å². The van der Waals surface area contributed by atoms with Crippen molar-refractivity contribution in [2.24, 2.45) is 16.2 Å². The number of hydrogen-bond acceptors (Lipinski definition) is 4. The Balaban J connectivity index is 2.00. The molecule has 3 saturated heterocycles. The number of ether oxygens (including phenoxy) is 3. The van der Waals surface area contributed by atoms with E-state index in [1.165, 1.54) is 0 Å². The van der Waals surface area contributed by atoms with Crippen molar-refractivity contribution in [2.45, 2.75) is 60.2 Å². The lowest BCUT2D eigenvalue weighted by Gasteiger charge is -2.63. The average Bonchev–Trinajstić information content (AvgIpc) is 2.25. The minimum Gasteiger partial charge on any atom is -0.362 e. The van der Waals surface area contributed by atoms with Crippen LogP contribution in [-0.2, 0) is 14.2 Å². The molecule has 3 aliphatic heterocycles. The first kappa shape index (κ1) is 13.8. The van der Waals surface area contributed by atoms with Gasteiger partial charge >= 0.3 is 0 Å². The molecule has 0 aromatic carbocycles. The number of rotatable bonds is 0. The highest BCUT2D eigenvalue weighted by atomic mass is 16.6. The lowest BCUT2D eigenvalue weighted by Crippen LogP contribution is -2.74. The Hall–Kier alpha value is -0.160. The van der Waals surface area contributed by atoms with Crippen molar-refractivity contribution >= 4 is 0 Å². The molecule has 3 fully saturated rings. The maximum Gasteiger partial charge on any atom is 0.122 e. The zero-order chi connectivity index (χ0) is 14.1. The van der Waals surface area contributed by atoms with E-state index >= 15 is 0 Å². The zero-order valence-corrected chi connectivity index (χ0v) is 13.0. The van der Waals surface area contributed by atoms with Gasteiger partial charge in [-0.05, 0) is 0 Å². The topological polar surface area (TPSA) is 30.9 Å². The van der Waals surface area contributed by atoms with Crippen molar-refractivity contribution in [1.29, 1.82) is 0 Å². The van der Waals surface area contributed by atoms with Gasteiger partial charge in [-0.15, -0.1) is 0 Å². The SMILES string of the molecule is CC1(C)COC2N3C1OCC(C)(C)C3OCC2(C)C. The van der Waals surface area contributed by atoms with Crippen molar-refractivity contribution in [1.82, 2.24) is 4.90 Å². The highest BCUT2D eigenvalue weighted by molar-refractivity contribution is 5.00. The largest absolute Gasteiger partial charge is 0.362 e. The molecule has 0 radical (unpaired) electrons. The van der Waals surface area contributed by atoms with Crippen LogP contribution >= 0.6 is 0 Å². The van der Waals surface area contributed by atoms with Crippen LogP contribution in [0.3, 0.4) is 0 Å². The van der Waals surface area contributed by atoms with Gasteiger partial charge < -0.3 is 14.2 Å². The number of hydrogen-bond donors (Lipinski definition) is 0. The van der Waals surface area contributed by atoms with E-state index < -0.39 is 0 Å². The summed E-state index contributed by atoms with van der Waals surface area (Å²) in [5, 5.41) is 0. The Kier molecular flexibility index (Phi) is 2.86. The first-order valence-corrected chi connectivity index (χ1v) is 7.27. The third kappa shape index (κ3) is 1.96. The second kappa shape index (κ2) is 3.94. The third-order valence-corrected chi connectivity index (χ3v) is 4.66. The summed E-state index contributed by atoms with van der Waals surface area (Å²) in [6, 6.07) is 0. The third-order valence-electron chi connectivity index (χ3n) is 4.66. The van der Waals surface area contributed by atoms with E-state index in [-0.39, 0.29) is 34.9 Å². The molecule has 0 aromatic rings. The van der Waals surface area contributed by atoms with Gasteiger partial charge in [0.1, 0.15) is 18.7 Å². The molecule has 4 nitrogen and oxygen atoms in total. The van der Waals surface area contributed by atoms with Gasteiger partial charge in [0.15, 0.2) is 0 Å². The first-order chi connectivity index (χ1) is 8.65. The fraction of sp³-hybridized carbons (Fsp3) is 1.00. The summed E-state index contributed by atoms with van der Waals surface area (Å²) in [5.74, 6) is 0. The summed E-state index contributed by atoms with van der Waals surface area (Å²) >= 11 is 0. The molecule has 19 heavy (non-hydrogen) atoms. The van der Waals surface area contributed by atoms with E-state index in [9.17, 15) is 0 Å². The molecule has 0 aliphatic carbocycles. The summed E-state index contributed by atoms with van der Waals surface area (Å²) in [7, 11) is 0. The minimum absolute atomic E-state index is 0.00201. The molecule has 3 aliphatic rings. The standard InChI is InChI=1S/C15H27NO3/c1-13(2)7-17-11-15(5,6)9-19-12-14(3,4)8-18-10(13)16(11)12/h10-12H,7-9H2,1-6H3. The molecular weight excluding hydrogens is 242 g/mol. The van der Waals surface area contributed by atoms with Crippen molar-refractivity contribution in [3.05, 3.63) is 0 Å². The van der Waals surface area contributed by atoms with Crippen molar-refractivity contribution in [3.63, 3.8) is 0 Å². The van der Waals surface area contributed by atoms with Gasteiger partial charge in [0.25, 0.3) is 0 Å². The molecule has 0 aromatic heterocycles. The zero-order valence-electron chi connectivity index (χ0n) is 13.0. The molecule has 0 bridgehead atoms. The molecule has 3 heterocycles. The van der Waals surface area contributed by atoms with Crippen LogP contribution in [0.2, 0.25) is 0 Å². The Labute approximate surface area is 116 Å². The maximum atomic E-state index is 6.21. The molecule has 3 unspecified atom stereocenters. The molecule has 0 amide bonds. The van der Waals surface area contributed by atoms with Gasteiger partial charge in [-0.3, -0.25) is 0 Å². The van der Waals surface area contributed by atoms with Crippen molar-refractivity contribution in [3.8, 4) is 0 Å².